The van der Waals surface area contributed by atoms with Crippen molar-refractivity contribution >= 4 is 5.91 Å². The predicted octanol–water partition coefficient (Wildman–Crippen LogP) is 1.57. The average molecular weight is 238 g/mol. The lowest BCUT2D eigenvalue weighted by Crippen LogP contribution is -2.29. The van der Waals surface area contributed by atoms with Crippen LogP contribution < -0.4 is 5.73 Å². The molecule has 2 N–H and O–H groups in total. The van der Waals surface area contributed by atoms with Crippen LogP contribution in [0, 0.1) is 5.82 Å². The lowest BCUT2D eigenvalue weighted by atomic mass is 10.1. The van der Waals surface area contributed by atoms with E-state index in [9.17, 15) is 9.18 Å². The van der Waals surface area contributed by atoms with Crippen molar-refractivity contribution in [3.8, 4) is 0 Å². The Morgan fingerprint density at radius 2 is 2.24 bits per heavy atom. The second-order valence-corrected chi connectivity index (χ2v) is 4.09. The minimum Gasteiger partial charge on any atom is -0.345 e. The van der Waals surface area contributed by atoms with Gasteiger partial charge in [0.05, 0.1) is 0 Å². The van der Waals surface area contributed by atoms with Crippen molar-refractivity contribution in [3.63, 3.8) is 0 Å². The SMILES string of the molecule is CN(CCc1cccc(F)c1)C(=O)CCCN. The maximum atomic E-state index is 12.9. The number of hydrogen-bond donors (Lipinski definition) is 1. The summed E-state index contributed by atoms with van der Waals surface area (Å²) >= 11 is 0. The van der Waals surface area contributed by atoms with Crippen LogP contribution in [0.25, 0.3) is 0 Å². The quantitative estimate of drug-likeness (QED) is 0.817. The lowest BCUT2D eigenvalue weighted by molar-refractivity contribution is -0.129. The number of carbonyl (C=O) groups is 1. The maximum absolute atomic E-state index is 12.9. The fraction of sp³-hybridized carbons (Fsp3) is 0.462. The van der Waals surface area contributed by atoms with E-state index in [2.05, 4.69) is 0 Å². The van der Waals surface area contributed by atoms with Crippen LogP contribution in [-0.2, 0) is 11.2 Å². The first-order chi connectivity index (χ1) is 8.13. The van der Waals surface area contributed by atoms with Gasteiger partial charge in [-0.2, -0.15) is 0 Å². The molecule has 0 bridgehead atoms. The number of likely N-dealkylation sites (N-methyl/N-ethyl adjacent to an activating group) is 1. The fourth-order valence-electron chi connectivity index (χ4n) is 1.56. The maximum Gasteiger partial charge on any atom is 0.222 e. The standard InChI is InChI=1S/C13H19FN2O/c1-16(13(17)6-3-8-15)9-7-11-4-2-5-12(14)10-11/h2,4-5,10H,3,6-9,15H2,1H3. The Kier molecular flexibility index (Phi) is 5.63. The molecule has 0 atom stereocenters. The third kappa shape index (κ3) is 4.95. The molecule has 0 fully saturated rings. The number of rotatable bonds is 6. The first-order valence-corrected chi connectivity index (χ1v) is 5.82. The fourth-order valence-corrected chi connectivity index (χ4v) is 1.56. The largest absolute Gasteiger partial charge is 0.345 e. The van der Waals surface area contributed by atoms with Crippen LogP contribution in [0.5, 0.6) is 0 Å². The molecule has 1 aromatic rings. The Hall–Kier alpha value is -1.42. The summed E-state index contributed by atoms with van der Waals surface area (Å²) in [4.78, 5) is 13.3. The summed E-state index contributed by atoms with van der Waals surface area (Å²) in [5, 5.41) is 0. The van der Waals surface area contributed by atoms with E-state index >= 15 is 0 Å². The van der Waals surface area contributed by atoms with E-state index in [-0.39, 0.29) is 11.7 Å². The molecule has 0 aliphatic carbocycles. The van der Waals surface area contributed by atoms with E-state index in [1.165, 1.54) is 12.1 Å². The van der Waals surface area contributed by atoms with Gasteiger partial charge in [0, 0.05) is 20.0 Å². The van der Waals surface area contributed by atoms with Crippen LogP contribution in [0.15, 0.2) is 24.3 Å². The first kappa shape index (κ1) is 13.6. The minimum absolute atomic E-state index is 0.0897. The molecule has 0 saturated carbocycles. The van der Waals surface area contributed by atoms with Gasteiger partial charge in [-0.25, -0.2) is 4.39 Å². The van der Waals surface area contributed by atoms with Crippen molar-refractivity contribution in [3.05, 3.63) is 35.6 Å². The zero-order valence-corrected chi connectivity index (χ0v) is 10.2. The third-order valence-electron chi connectivity index (χ3n) is 2.65. The molecule has 4 heteroatoms. The molecule has 94 valence electrons. The Balaban J connectivity index is 2.37. The molecule has 3 nitrogen and oxygen atoms in total. The van der Waals surface area contributed by atoms with Crippen LogP contribution in [-0.4, -0.2) is 30.9 Å². The van der Waals surface area contributed by atoms with Gasteiger partial charge in [0.1, 0.15) is 5.82 Å². The molecule has 0 aliphatic heterocycles. The highest BCUT2D eigenvalue weighted by molar-refractivity contribution is 5.75. The smallest absolute Gasteiger partial charge is 0.222 e. The third-order valence-corrected chi connectivity index (χ3v) is 2.65. The summed E-state index contributed by atoms with van der Waals surface area (Å²) in [6.45, 7) is 1.14. The van der Waals surface area contributed by atoms with Gasteiger partial charge in [-0.15, -0.1) is 0 Å². The summed E-state index contributed by atoms with van der Waals surface area (Å²) in [5.41, 5.74) is 6.25. The molecule has 0 heterocycles. The number of carbonyl (C=O) groups excluding carboxylic acids is 1. The molecule has 0 spiro atoms. The molecular weight excluding hydrogens is 219 g/mol. The minimum atomic E-state index is -0.236. The van der Waals surface area contributed by atoms with E-state index in [1.807, 2.05) is 6.07 Å². The number of nitrogens with zero attached hydrogens (tertiary/aromatic N) is 1. The van der Waals surface area contributed by atoms with Crippen molar-refractivity contribution in [1.82, 2.24) is 4.90 Å². The van der Waals surface area contributed by atoms with Crippen molar-refractivity contribution in [1.29, 1.82) is 0 Å². The molecule has 0 aliphatic rings. The summed E-state index contributed by atoms with van der Waals surface area (Å²) in [5.74, 6) is -0.147. The second kappa shape index (κ2) is 7.01. The molecule has 17 heavy (non-hydrogen) atoms. The Morgan fingerprint density at radius 3 is 2.88 bits per heavy atom. The molecule has 1 amide bonds. The second-order valence-electron chi connectivity index (χ2n) is 4.09. The zero-order valence-electron chi connectivity index (χ0n) is 10.2. The van der Waals surface area contributed by atoms with E-state index in [0.29, 0.717) is 32.4 Å². The topological polar surface area (TPSA) is 46.3 Å². The zero-order chi connectivity index (χ0) is 12.7. The predicted molar refractivity (Wildman–Crippen MR) is 66.0 cm³/mol. The highest BCUT2D eigenvalue weighted by Gasteiger charge is 2.07. The number of benzene rings is 1. The first-order valence-electron chi connectivity index (χ1n) is 5.82. The van der Waals surface area contributed by atoms with Gasteiger partial charge in [0.15, 0.2) is 0 Å². The van der Waals surface area contributed by atoms with Crippen LogP contribution in [0.2, 0.25) is 0 Å². The van der Waals surface area contributed by atoms with E-state index < -0.39 is 0 Å². The molecule has 0 aromatic heterocycles. The van der Waals surface area contributed by atoms with Gasteiger partial charge in [-0.05, 0) is 37.1 Å². The summed E-state index contributed by atoms with van der Waals surface area (Å²) in [6, 6.07) is 6.46. The monoisotopic (exact) mass is 238 g/mol. The average Bonchev–Trinajstić information content (AvgIpc) is 2.33. The molecule has 0 unspecified atom stereocenters. The van der Waals surface area contributed by atoms with Gasteiger partial charge in [-0.1, -0.05) is 12.1 Å². The van der Waals surface area contributed by atoms with Crippen LogP contribution >= 0.6 is 0 Å². The number of nitrogens with two attached hydrogens (primary N) is 1. The number of hydrogen-bond acceptors (Lipinski definition) is 2. The van der Waals surface area contributed by atoms with E-state index in [1.54, 1.807) is 18.0 Å². The van der Waals surface area contributed by atoms with Gasteiger partial charge in [0.25, 0.3) is 0 Å². The van der Waals surface area contributed by atoms with Crippen molar-refractivity contribution in [2.24, 2.45) is 5.73 Å². The molecular formula is C13H19FN2O. The molecule has 1 rings (SSSR count). The van der Waals surface area contributed by atoms with Crippen molar-refractivity contribution < 1.29 is 9.18 Å². The van der Waals surface area contributed by atoms with Gasteiger partial charge >= 0.3 is 0 Å². The van der Waals surface area contributed by atoms with Crippen LogP contribution in [0.1, 0.15) is 18.4 Å². The van der Waals surface area contributed by atoms with Crippen molar-refractivity contribution in [2.45, 2.75) is 19.3 Å². The van der Waals surface area contributed by atoms with Crippen LogP contribution in [0.4, 0.5) is 4.39 Å². The van der Waals surface area contributed by atoms with Gasteiger partial charge in [0.2, 0.25) is 5.91 Å². The number of halogens is 1. The van der Waals surface area contributed by atoms with E-state index in [4.69, 9.17) is 5.73 Å². The van der Waals surface area contributed by atoms with Crippen LogP contribution in [0.3, 0.4) is 0 Å². The summed E-state index contributed by atoms with van der Waals surface area (Å²) in [7, 11) is 1.76. The molecule has 0 saturated heterocycles. The number of amides is 1. The van der Waals surface area contributed by atoms with Gasteiger partial charge in [-0.3, -0.25) is 4.79 Å². The summed E-state index contributed by atoms with van der Waals surface area (Å²) < 4.78 is 12.9. The Labute approximate surface area is 101 Å². The molecule has 0 radical (unpaired) electrons. The normalized spacial score (nSPS) is 10.3. The summed E-state index contributed by atoms with van der Waals surface area (Å²) in [6.07, 6.45) is 1.86. The van der Waals surface area contributed by atoms with E-state index in [0.717, 1.165) is 5.56 Å². The Morgan fingerprint density at radius 1 is 1.47 bits per heavy atom. The van der Waals surface area contributed by atoms with Gasteiger partial charge < -0.3 is 10.6 Å². The highest BCUT2D eigenvalue weighted by Crippen LogP contribution is 2.05. The van der Waals surface area contributed by atoms with Crippen molar-refractivity contribution in [2.75, 3.05) is 20.1 Å². The lowest BCUT2D eigenvalue weighted by Gasteiger charge is -2.16. The molecule has 1 aromatic carbocycles. The Bertz CT molecular complexity index is 368. The highest BCUT2D eigenvalue weighted by atomic mass is 19.1.